The molecule has 0 heterocycles. The second-order valence-electron chi connectivity index (χ2n) is 6.19. The minimum Gasteiger partial charge on any atom is -0.484 e. The highest BCUT2D eigenvalue weighted by Crippen LogP contribution is 2.18. The normalized spacial score (nSPS) is 11.4. The minimum absolute atomic E-state index is 0.0612. The fourth-order valence-corrected chi connectivity index (χ4v) is 2.55. The number of ether oxygens (including phenoxy) is 1. The van der Waals surface area contributed by atoms with Crippen LogP contribution in [0.4, 0.5) is 10.5 Å². The van der Waals surface area contributed by atoms with E-state index < -0.39 is 0 Å². The van der Waals surface area contributed by atoms with Gasteiger partial charge in [-0.25, -0.2) is 4.79 Å². The number of carbonyl (C=O) groups excluding carboxylic acids is 2. The average molecular weight is 369 g/mol. The first kappa shape index (κ1) is 20.3. The second-order valence-corrected chi connectivity index (χ2v) is 6.19. The van der Waals surface area contributed by atoms with Crippen molar-refractivity contribution in [3.8, 4) is 5.75 Å². The number of nitrogens with one attached hydrogen (secondary N) is 3. The van der Waals surface area contributed by atoms with Crippen LogP contribution in [0.3, 0.4) is 0 Å². The van der Waals surface area contributed by atoms with E-state index in [9.17, 15) is 9.59 Å². The maximum Gasteiger partial charge on any atom is 0.319 e. The number of hydrogen-bond donors (Lipinski definition) is 3. The number of hydrogen-bond acceptors (Lipinski definition) is 3. The number of carbonyl (C=O) groups is 2. The van der Waals surface area contributed by atoms with Crippen LogP contribution in [0.15, 0.2) is 48.5 Å². The third kappa shape index (κ3) is 6.66. The molecule has 0 aliphatic carbocycles. The lowest BCUT2D eigenvalue weighted by Gasteiger charge is -2.16. The maximum atomic E-state index is 12.3. The van der Waals surface area contributed by atoms with E-state index in [0.717, 1.165) is 12.0 Å². The van der Waals surface area contributed by atoms with Crippen molar-refractivity contribution in [1.82, 2.24) is 10.6 Å². The summed E-state index contributed by atoms with van der Waals surface area (Å²) in [6, 6.07) is 14.7. The van der Waals surface area contributed by atoms with Crippen molar-refractivity contribution in [2.75, 3.05) is 18.5 Å². The summed E-state index contributed by atoms with van der Waals surface area (Å²) in [6.45, 7) is 6.39. The van der Waals surface area contributed by atoms with Crippen molar-refractivity contribution in [3.05, 3.63) is 59.7 Å². The van der Waals surface area contributed by atoms with E-state index in [4.69, 9.17) is 4.74 Å². The van der Waals surface area contributed by atoms with Gasteiger partial charge in [0.1, 0.15) is 5.75 Å². The molecule has 1 atom stereocenters. The van der Waals surface area contributed by atoms with Crippen molar-refractivity contribution in [1.29, 1.82) is 0 Å². The Morgan fingerprint density at radius 3 is 2.48 bits per heavy atom. The first-order valence-electron chi connectivity index (χ1n) is 9.17. The Balaban J connectivity index is 1.89. The smallest absolute Gasteiger partial charge is 0.319 e. The zero-order valence-electron chi connectivity index (χ0n) is 16.0. The van der Waals surface area contributed by atoms with Gasteiger partial charge in [-0.2, -0.15) is 0 Å². The third-order valence-electron chi connectivity index (χ3n) is 4.07. The monoisotopic (exact) mass is 369 g/mol. The quantitative estimate of drug-likeness (QED) is 0.664. The van der Waals surface area contributed by atoms with Crippen LogP contribution in [0.1, 0.15) is 37.9 Å². The molecule has 6 nitrogen and oxygen atoms in total. The first-order chi connectivity index (χ1) is 13.0. The molecule has 0 fully saturated rings. The number of benzene rings is 2. The standard InChI is InChI=1S/C21H27N3O3/c1-4-16-9-11-17(12-10-16)15(3)23-21(26)24-18-7-6-8-19(13-18)27-14-20(25)22-5-2/h6-13,15H,4-5,14H2,1-3H3,(H,22,25)(H2,23,24,26). The lowest BCUT2D eigenvalue weighted by molar-refractivity contribution is -0.122. The zero-order valence-corrected chi connectivity index (χ0v) is 16.0. The van der Waals surface area contributed by atoms with Gasteiger partial charge < -0.3 is 20.7 Å². The third-order valence-corrected chi connectivity index (χ3v) is 4.07. The number of anilines is 1. The maximum absolute atomic E-state index is 12.3. The molecular formula is C21H27N3O3. The molecule has 0 spiro atoms. The van der Waals surface area contributed by atoms with E-state index in [1.54, 1.807) is 24.3 Å². The van der Waals surface area contributed by atoms with Gasteiger partial charge in [0.05, 0.1) is 6.04 Å². The molecule has 0 radical (unpaired) electrons. The topological polar surface area (TPSA) is 79.5 Å². The van der Waals surface area contributed by atoms with Crippen LogP contribution in [0.25, 0.3) is 0 Å². The molecule has 0 saturated carbocycles. The van der Waals surface area contributed by atoms with Crippen LogP contribution < -0.4 is 20.7 Å². The summed E-state index contributed by atoms with van der Waals surface area (Å²) < 4.78 is 5.43. The highest BCUT2D eigenvalue weighted by molar-refractivity contribution is 5.89. The SMILES string of the molecule is CCNC(=O)COc1cccc(NC(=O)NC(C)c2ccc(CC)cc2)c1. The summed E-state index contributed by atoms with van der Waals surface area (Å²) in [6.07, 6.45) is 0.987. The molecule has 27 heavy (non-hydrogen) atoms. The van der Waals surface area contributed by atoms with Crippen molar-refractivity contribution in [2.45, 2.75) is 33.2 Å². The molecule has 6 heteroatoms. The van der Waals surface area contributed by atoms with Crippen LogP contribution >= 0.6 is 0 Å². The minimum atomic E-state index is -0.303. The molecule has 0 bridgehead atoms. The van der Waals surface area contributed by atoms with Crippen molar-refractivity contribution in [2.24, 2.45) is 0 Å². The Morgan fingerprint density at radius 2 is 1.81 bits per heavy atom. The van der Waals surface area contributed by atoms with Crippen molar-refractivity contribution >= 4 is 17.6 Å². The van der Waals surface area contributed by atoms with Gasteiger partial charge >= 0.3 is 6.03 Å². The molecule has 0 aromatic heterocycles. The highest BCUT2D eigenvalue weighted by Gasteiger charge is 2.10. The molecule has 0 aliphatic rings. The molecule has 0 aliphatic heterocycles. The largest absolute Gasteiger partial charge is 0.484 e. The summed E-state index contributed by atoms with van der Waals surface area (Å²) >= 11 is 0. The van der Waals surface area contributed by atoms with Gasteiger partial charge in [0.25, 0.3) is 5.91 Å². The van der Waals surface area contributed by atoms with E-state index in [2.05, 4.69) is 35.0 Å². The zero-order chi connectivity index (χ0) is 19.6. The number of amides is 3. The number of urea groups is 1. The van der Waals surface area contributed by atoms with E-state index in [-0.39, 0.29) is 24.6 Å². The average Bonchev–Trinajstić information content (AvgIpc) is 2.67. The van der Waals surface area contributed by atoms with Gasteiger partial charge in [-0.1, -0.05) is 37.3 Å². The molecule has 2 rings (SSSR count). The molecule has 3 amide bonds. The fraction of sp³-hybridized carbons (Fsp3) is 0.333. The molecule has 2 aromatic carbocycles. The van der Waals surface area contributed by atoms with Crippen LogP contribution in [-0.2, 0) is 11.2 Å². The van der Waals surface area contributed by atoms with Crippen LogP contribution in [0, 0.1) is 0 Å². The summed E-state index contributed by atoms with van der Waals surface area (Å²) in [4.78, 5) is 23.7. The lowest BCUT2D eigenvalue weighted by atomic mass is 10.1. The number of aryl methyl sites for hydroxylation is 1. The van der Waals surface area contributed by atoms with Gasteiger partial charge in [0.2, 0.25) is 0 Å². The van der Waals surface area contributed by atoms with Gasteiger partial charge in [0, 0.05) is 18.3 Å². The summed E-state index contributed by atoms with van der Waals surface area (Å²) in [5.74, 6) is 0.332. The van der Waals surface area contributed by atoms with Gasteiger partial charge in [-0.3, -0.25) is 4.79 Å². The fourth-order valence-electron chi connectivity index (χ4n) is 2.55. The highest BCUT2D eigenvalue weighted by atomic mass is 16.5. The molecule has 3 N–H and O–H groups in total. The first-order valence-corrected chi connectivity index (χ1v) is 9.17. The van der Waals surface area contributed by atoms with E-state index in [1.165, 1.54) is 5.56 Å². The predicted octanol–water partition coefficient (Wildman–Crippen LogP) is 3.65. The summed E-state index contributed by atoms with van der Waals surface area (Å²) in [7, 11) is 0. The Hall–Kier alpha value is -3.02. The lowest BCUT2D eigenvalue weighted by Crippen LogP contribution is -2.31. The molecule has 2 aromatic rings. The molecule has 1 unspecified atom stereocenters. The summed E-state index contributed by atoms with van der Waals surface area (Å²) in [5, 5.41) is 8.36. The Bertz CT molecular complexity index is 760. The van der Waals surface area contributed by atoms with Gasteiger partial charge in [-0.05, 0) is 43.5 Å². The van der Waals surface area contributed by atoms with Crippen LogP contribution in [0.2, 0.25) is 0 Å². The second kappa shape index (κ2) is 10.2. The number of rotatable bonds is 8. The van der Waals surface area contributed by atoms with Crippen LogP contribution in [-0.4, -0.2) is 25.1 Å². The Kier molecular flexibility index (Phi) is 7.67. The number of likely N-dealkylation sites (N-methyl/N-ethyl adjacent to an activating group) is 1. The Morgan fingerprint density at radius 1 is 1.07 bits per heavy atom. The van der Waals surface area contributed by atoms with Gasteiger partial charge in [0.15, 0.2) is 6.61 Å². The van der Waals surface area contributed by atoms with Crippen molar-refractivity contribution in [3.63, 3.8) is 0 Å². The molecular weight excluding hydrogens is 342 g/mol. The van der Waals surface area contributed by atoms with Gasteiger partial charge in [-0.15, -0.1) is 0 Å². The molecule has 0 saturated heterocycles. The van der Waals surface area contributed by atoms with Crippen molar-refractivity contribution < 1.29 is 14.3 Å². The predicted molar refractivity (Wildman–Crippen MR) is 107 cm³/mol. The Labute approximate surface area is 160 Å². The van der Waals surface area contributed by atoms with Crippen LogP contribution in [0.5, 0.6) is 5.75 Å². The summed E-state index contributed by atoms with van der Waals surface area (Å²) in [5.41, 5.74) is 2.90. The molecule has 144 valence electrons. The van der Waals surface area contributed by atoms with E-state index >= 15 is 0 Å². The van der Waals surface area contributed by atoms with E-state index in [0.29, 0.717) is 18.0 Å². The van der Waals surface area contributed by atoms with E-state index in [1.807, 2.05) is 26.0 Å².